The topological polar surface area (TPSA) is 104 Å². The number of nitrogens with one attached hydrogen (secondary N) is 2. The molecular formula is C31H31F3N6O3. The Morgan fingerprint density at radius 2 is 1.63 bits per heavy atom. The molecule has 1 aliphatic heterocycles. The van der Waals surface area contributed by atoms with Crippen molar-refractivity contribution in [3.63, 3.8) is 0 Å². The summed E-state index contributed by atoms with van der Waals surface area (Å²) in [5.74, 6) is -1.06. The van der Waals surface area contributed by atoms with Crippen molar-refractivity contribution in [3.05, 3.63) is 95.1 Å². The number of hydrogen-bond acceptors (Lipinski definition) is 7. The lowest BCUT2D eigenvalue weighted by Gasteiger charge is -2.34. The lowest BCUT2D eigenvalue weighted by atomic mass is 10.0. The number of nitrogens with zero attached hydrogens (tertiary/aromatic N) is 4. The number of benzene rings is 2. The van der Waals surface area contributed by atoms with Gasteiger partial charge >= 0.3 is 6.18 Å². The van der Waals surface area contributed by atoms with E-state index in [9.17, 15) is 22.8 Å². The van der Waals surface area contributed by atoms with Crippen molar-refractivity contribution >= 4 is 23.2 Å². The van der Waals surface area contributed by atoms with Crippen LogP contribution < -0.4 is 10.6 Å². The molecule has 12 heteroatoms. The average molecular weight is 593 g/mol. The second kappa shape index (κ2) is 12.8. The molecule has 43 heavy (non-hydrogen) atoms. The molecule has 0 saturated carbocycles. The number of hydrogen-bond donors (Lipinski definition) is 2. The smallest absolute Gasteiger partial charge is 0.364 e. The van der Waals surface area contributed by atoms with Crippen molar-refractivity contribution in [1.29, 1.82) is 0 Å². The molecule has 3 heterocycles. The number of amides is 2. The van der Waals surface area contributed by atoms with Crippen molar-refractivity contribution in [3.8, 4) is 11.1 Å². The zero-order chi connectivity index (χ0) is 30.6. The lowest BCUT2D eigenvalue weighted by Crippen LogP contribution is -2.45. The van der Waals surface area contributed by atoms with Gasteiger partial charge in [-0.2, -0.15) is 13.2 Å². The van der Waals surface area contributed by atoms with E-state index in [0.29, 0.717) is 35.5 Å². The molecule has 2 amide bonds. The fourth-order valence-electron chi connectivity index (χ4n) is 4.93. The highest BCUT2D eigenvalue weighted by atomic mass is 19.4. The number of halogens is 3. The summed E-state index contributed by atoms with van der Waals surface area (Å²) in [6.07, 6.45) is 1.34. The Hall–Kier alpha value is -4.55. The Morgan fingerprint density at radius 1 is 0.884 bits per heavy atom. The fourth-order valence-corrected chi connectivity index (χ4v) is 4.93. The van der Waals surface area contributed by atoms with E-state index < -0.39 is 23.6 Å². The average Bonchev–Trinajstić information content (AvgIpc) is 3.54. The van der Waals surface area contributed by atoms with Crippen LogP contribution in [0.4, 0.5) is 24.5 Å². The number of aryl methyl sites for hydroxylation is 1. The van der Waals surface area contributed by atoms with E-state index >= 15 is 0 Å². The van der Waals surface area contributed by atoms with Gasteiger partial charge in [0.05, 0.1) is 17.3 Å². The first-order valence-electron chi connectivity index (χ1n) is 13.8. The van der Waals surface area contributed by atoms with Crippen molar-refractivity contribution < 1.29 is 27.3 Å². The Labute approximate surface area is 246 Å². The van der Waals surface area contributed by atoms with Gasteiger partial charge in [-0.1, -0.05) is 24.2 Å². The van der Waals surface area contributed by atoms with E-state index in [4.69, 9.17) is 4.52 Å². The van der Waals surface area contributed by atoms with Gasteiger partial charge in [0, 0.05) is 73.2 Å². The molecule has 9 nitrogen and oxygen atoms in total. The quantitative estimate of drug-likeness (QED) is 0.270. The van der Waals surface area contributed by atoms with Crippen LogP contribution in [-0.4, -0.2) is 64.5 Å². The number of rotatable bonds is 8. The zero-order valence-electron chi connectivity index (χ0n) is 23.7. The van der Waals surface area contributed by atoms with E-state index in [-0.39, 0.29) is 28.9 Å². The van der Waals surface area contributed by atoms with Crippen LogP contribution in [0.1, 0.15) is 44.3 Å². The fraction of sp³-hybridized carbons (Fsp3) is 0.290. The standard InChI is InChI=1S/C31H31F3N6O3/c1-3-39-8-10-40(11-9-39)18-22-6-7-26(14-27(22)31(32,33)34)37-29(41)21-5-4-20(2)28(13-21)38-30(42)24-12-23(15-35-16-24)25-17-36-43-19-25/h4-7,12-17,19H,3,8-11,18H2,1-2H3,(H,37,41)(H,38,42). The third kappa shape index (κ3) is 7.27. The zero-order valence-corrected chi connectivity index (χ0v) is 23.7. The van der Waals surface area contributed by atoms with Gasteiger partial charge in [-0.25, -0.2) is 0 Å². The van der Waals surface area contributed by atoms with Crippen molar-refractivity contribution in [1.82, 2.24) is 19.9 Å². The number of anilines is 2. The summed E-state index contributed by atoms with van der Waals surface area (Å²) in [5, 5.41) is 9.02. The van der Waals surface area contributed by atoms with Crippen molar-refractivity contribution in [2.24, 2.45) is 0 Å². The van der Waals surface area contributed by atoms with Crippen molar-refractivity contribution in [2.75, 3.05) is 43.4 Å². The van der Waals surface area contributed by atoms with Gasteiger partial charge in [0.15, 0.2) is 0 Å². The van der Waals surface area contributed by atoms with Crippen molar-refractivity contribution in [2.45, 2.75) is 26.6 Å². The van der Waals surface area contributed by atoms with Crippen LogP contribution in [-0.2, 0) is 12.7 Å². The van der Waals surface area contributed by atoms with Gasteiger partial charge in [0.1, 0.15) is 6.26 Å². The molecule has 0 atom stereocenters. The van der Waals surface area contributed by atoms with E-state index in [2.05, 4.69) is 32.6 Å². The summed E-state index contributed by atoms with van der Waals surface area (Å²) in [7, 11) is 0. The molecule has 0 aliphatic carbocycles. The van der Waals surface area contributed by atoms with Gasteiger partial charge in [-0.15, -0.1) is 0 Å². The highest BCUT2D eigenvalue weighted by Crippen LogP contribution is 2.35. The molecule has 1 fully saturated rings. The monoisotopic (exact) mass is 592 g/mol. The minimum Gasteiger partial charge on any atom is -0.364 e. The maximum absolute atomic E-state index is 14.0. The molecule has 0 bridgehead atoms. The molecular weight excluding hydrogens is 561 g/mol. The molecule has 0 unspecified atom stereocenters. The van der Waals surface area contributed by atoms with Gasteiger partial charge in [0.25, 0.3) is 11.8 Å². The first kappa shape index (κ1) is 29.9. The van der Waals surface area contributed by atoms with E-state index in [1.165, 1.54) is 36.9 Å². The van der Waals surface area contributed by atoms with Crippen LogP contribution >= 0.6 is 0 Å². The van der Waals surface area contributed by atoms with E-state index in [1.54, 1.807) is 31.3 Å². The Balaban J connectivity index is 1.29. The van der Waals surface area contributed by atoms with E-state index in [0.717, 1.165) is 25.7 Å². The first-order valence-corrected chi connectivity index (χ1v) is 13.8. The van der Waals surface area contributed by atoms with E-state index in [1.807, 2.05) is 4.90 Å². The molecule has 4 aromatic rings. The number of aromatic nitrogens is 2. The number of carbonyl (C=O) groups excluding carboxylic acids is 2. The Kier molecular flexibility index (Phi) is 8.88. The summed E-state index contributed by atoms with van der Waals surface area (Å²) in [6.45, 7) is 7.95. The molecule has 224 valence electrons. The van der Waals surface area contributed by atoms with Crippen LogP contribution in [0.5, 0.6) is 0 Å². The Morgan fingerprint density at radius 3 is 2.33 bits per heavy atom. The maximum Gasteiger partial charge on any atom is 0.416 e. The molecule has 2 aromatic carbocycles. The molecule has 2 aromatic heterocycles. The molecule has 0 radical (unpaired) electrons. The van der Waals surface area contributed by atoms with Gasteiger partial charge in [-0.3, -0.25) is 19.5 Å². The largest absolute Gasteiger partial charge is 0.416 e. The minimum atomic E-state index is -4.58. The third-order valence-electron chi connectivity index (χ3n) is 7.49. The number of carbonyl (C=O) groups is 2. The predicted octanol–water partition coefficient (Wildman–Crippen LogP) is 5.71. The molecule has 1 saturated heterocycles. The number of likely N-dealkylation sites (N-methyl/N-ethyl adjacent to an activating group) is 1. The van der Waals surface area contributed by atoms with Crippen LogP contribution in [0.15, 0.2) is 71.8 Å². The highest BCUT2D eigenvalue weighted by molar-refractivity contribution is 6.08. The number of pyridine rings is 1. The van der Waals surface area contributed by atoms with Crippen LogP contribution in [0.2, 0.25) is 0 Å². The first-order chi connectivity index (χ1) is 20.6. The Bertz CT molecular complexity index is 1600. The molecule has 2 N–H and O–H groups in total. The third-order valence-corrected chi connectivity index (χ3v) is 7.49. The molecule has 5 rings (SSSR count). The SMILES string of the molecule is CCN1CCN(Cc2ccc(NC(=O)c3ccc(C)c(NC(=O)c4cncc(-c5cnoc5)c4)c3)cc2C(F)(F)F)CC1. The normalized spacial score (nSPS) is 14.4. The van der Waals surface area contributed by atoms with Crippen LogP contribution in [0, 0.1) is 6.92 Å². The second-order valence-electron chi connectivity index (χ2n) is 10.4. The van der Waals surface area contributed by atoms with Gasteiger partial charge in [-0.05, 0) is 54.9 Å². The number of piperazine rings is 1. The minimum absolute atomic E-state index is 0.0275. The van der Waals surface area contributed by atoms with Crippen LogP contribution in [0.3, 0.4) is 0 Å². The maximum atomic E-state index is 14.0. The second-order valence-corrected chi connectivity index (χ2v) is 10.4. The summed E-state index contributed by atoms with van der Waals surface area (Å²) < 4.78 is 46.9. The summed E-state index contributed by atoms with van der Waals surface area (Å²) in [4.78, 5) is 34.5. The summed E-state index contributed by atoms with van der Waals surface area (Å²) in [6, 6.07) is 10.2. The lowest BCUT2D eigenvalue weighted by molar-refractivity contribution is -0.138. The van der Waals surface area contributed by atoms with Gasteiger partial charge < -0.3 is 20.1 Å². The predicted molar refractivity (Wildman–Crippen MR) is 156 cm³/mol. The highest BCUT2D eigenvalue weighted by Gasteiger charge is 2.34. The van der Waals surface area contributed by atoms with Crippen LogP contribution in [0.25, 0.3) is 11.1 Å². The number of alkyl halides is 3. The van der Waals surface area contributed by atoms with Gasteiger partial charge in [0.2, 0.25) is 0 Å². The molecule has 0 spiro atoms. The summed E-state index contributed by atoms with van der Waals surface area (Å²) >= 11 is 0. The molecule has 1 aliphatic rings. The summed E-state index contributed by atoms with van der Waals surface area (Å²) in [5.41, 5.74) is 2.23.